The second-order valence-corrected chi connectivity index (χ2v) is 12.2. The van der Waals surface area contributed by atoms with Gasteiger partial charge in [0.2, 0.25) is 11.7 Å². The molecule has 2 aliphatic carbocycles. The summed E-state index contributed by atoms with van der Waals surface area (Å²) >= 11 is 0. The van der Waals surface area contributed by atoms with E-state index in [1.54, 1.807) is 33.5 Å². The molecule has 3 aromatic rings. The van der Waals surface area contributed by atoms with Crippen LogP contribution in [0.15, 0.2) is 18.5 Å². The minimum absolute atomic E-state index is 0. The zero-order chi connectivity index (χ0) is 30.6. The molecule has 254 valence electrons. The number of likely N-dealkylation sites (tertiary alicyclic amines) is 1. The Morgan fingerprint density at radius 2 is 1.48 bits per heavy atom. The lowest BCUT2D eigenvalue weighted by Gasteiger charge is -2.33. The Kier molecular flexibility index (Phi) is 12.3. The lowest BCUT2D eigenvalue weighted by atomic mass is 9.92. The largest absolute Gasteiger partial charge is 0.493 e. The maximum atomic E-state index is 13.2. The van der Waals surface area contributed by atoms with Crippen LogP contribution in [-0.4, -0.2) is 83.0 Å². The Morgan fingerprint density at radius 1 is 0.848 bits per heavy atom. The molecule has 2 amide bonds. The Hall–Kier alpha value is -3.42. The van der Waals surface area contributed by atoms with Crippen LogP contribution in [0.4, 0.5) is 22.2 Å². The van der Waals surface area contributed by atoms with Crippen LogP contribution in [0.3, 0.4) is 0 Å². The summed E-state index contributed by atoms with van der Waals surface area (Å²) in [7, 11) is 4.65. The molecule has 13 nitrogen and oxygen atoms in total. The SMILES string of the molecule is COc1cc(NC(=O)N2CCC(Nc3nc(N[C@H]4CC[C@H](N)CC4)nc4c3ncn4C3CCCC3)CC2)cc(OC)c1OC.Cl.Cl. The van der Waals surface area contributed by atoms with Crippen LogP contribution >= 0.6 is 24.8 Å². The second kappa shape index (κ2) is 15.9. The van der Waals surface area contributed by atoms with Crippen molar-refractivity contribution in [3.05, 3.63) is 18.5 Å². The van der Waals surface area contributed by atoms with Gasteiger partial charge < -0.3 is 45.4 Å². The normalized spacial score (nSPS) is 20.4. The van der Waals surface area contributed by atoms with E-state index < -0.39 is 0 Å². The Balaban J connectivity index is 0.00000240. The molecule has 0 radical (unpaired) electrons. The van der Waals surface area contributed by atoms with Gasteiger partial charge in [0.1, 0.15) is 0 Å². The molecule has 1 saturated heterocycles. The number of benzene rings is 1. The molecular formula is C31H47Cl2N9O4. The Morgan fingerprint density at radius 3 is 2.09 bits per heavy atom. The number of methoxy groups -OCH3 is 3. The zero-order valence-electron chi connectivity index (χ0n) is 26.8. The summed E-state index contributed by atoms with van der Waals surface area (Å²) in [6, 6.07) is 4.46. The molecule has 1 aromatic carbocycles. The number of piperidine rings is 1. The molecule has 2 aromatic heterocycles. The van der Waals surface area contributed by atoms with Crippen LogP contribution < -0.4 is 35.9 Å². The predicted molar refractivity (Wildman–Crippen MR) is 185 cm³/mol. The number of ether oxygens (including phenoxy) is 3. The Bertz CT molecular complexity index is 1430. The monoisotopic (exact) mass is 679 g/mol. The molecule has 0 spiro atoms. The molecule has 0 atom stereocenters. The average Bonchev–Trinajstić information content (AvgIpc) is 3.72. The van der Waals surface area contributed by atoms with E-state index >= 15 is 0 Å². The number of fused-ring (bicyclic) bond motifs is 1. The molecule has 1 aliphatic heterocycles. The fourth-order valence-electron chi connectivity index (χ4n) is 6.75. The van der Waals surface area contributed by atoms with Crippen LogP contribution in [0.5, 0.6) is 17.2 Å². The first kappa shape index (κ1) is 35.4. The van der Waals surface area contributed by atoms with E-state index in [0.717, 1.165) is 68.3 Å². The van der Waals surface area contributed by atoms with Gasteiger partial charge in [0.05, 0.1) is 33.3 Å². The van der Waals surface area contributed by atoms with Gasteiger partial charge in [-0.1, -0.05) is 12.8 Å². The summed E-state index contributed by atoms with van der Waals surface area (Å²) in [5, 5.41) is 10.3. The third kappa shape index (κ3) is 7.75. The number of aromatic nitrogens is 4. The van der Waals surface area contributed by atoms with Gasteiger partial charge in [-0.25, -0.2) is 9.78 Å². The predicted octanol–water partition coefficient (Wildman–Crippen LogP) is 5.60. The summed E-state index contributed by atoms with van der Waals surface area (Å²) < 4.78 is 18.5. The van der Waals surface area contributed by atoms with Crippen LogP contribution in [0.1, 0.15) is 70.3 Å². The van der Waals surface area contributed by atoms with Crippen LogP contribution in [0.2, 0.25) is 0 Å². The number of hydrogen-bond acceptors (Lipinski definition) is 10. The Labute approximate surface area is 282 Å². The summed E-state index contributed by atoms with van der Waals surface area (Å²) in [5.41, 5.74) is 8.40. The molecule has 6 rings (SSSR count). The fourth-order valence-corrected chi connectivity index (χ4v) is 6.75. The molecule has 46 heavy (non-hydrogen) atoms. The summed E-state index contributed by atoms with van der Waals surface area (Å²) in [6.07, 6.45) is 12.3. The van der Waals surface area contributed by atoms with Gasteiger partial charge in [-0.05, 0) is 51.4 Å². The van der Waals surface area contributed by atoms with Gasteiger partial charge >= 0.3 is 6.03 Å². The standard InChI is InChI=1S/C31H45N9O4.2ClH/c1-42-24-16-22(17-25(43-2)27(24)44-3)36-31(41)39-14-12-21(13-15-39)34-28-26-29(40(18-33-26)23-6-4-5-7-23)38-30(37-28)35-20-10-8-19(32)9-11-20;;/h16-21,23H,4-15,32H2,1-3H3,(H,36,41)(H2,34,35,37,38);2*1H/t19-,20-;;. The highest BCUT2D eigenvalue weighted by Crippen LogP contribution is 2.40. The second-order valence-electron chi connectivity index (χ2n) is 12.2. The third-order valence-electron chi connectivity index (χ3n) is 9.28. The van der Waals surface area contributed by atoms with Crippen LogP contribution in [-0.2, 0) is 0 Å². The molecular weight excluding hydrogens is 633 g/mol. The van der Waals surface area contributed by atoms with Gasteiger partial charge in [-0.3, -0.25) is 0 Å². The van der Waals surface area contributed by atoms with E-state index in [4.69, 9.17) is 34.9 Å². The number of anilines is 3. The van der Waals surface area contributed by atoms with Crippen molar-refractivity contribution in [1.29, 1.82) is 0 Å². The van der Waals surface area contributed by atoms with E-state index in [1.807, 2.05) is 11.2 Å². The first-order valence-corrected chi connectivity index (χ1v) is 15.8. The first-order valence-electron chi connectivity index (χ1n) is 15.8. The van der Waals surface area contributed by atoms with Crippen molar-refractivity contribution < 1.29 is 19.0 Å². The van der Waals surface area contributed by atoms with E-state index in [1.165, 1.54) is 12.8 Å². The maximum absolute atomic E-state index is 13.2. The summed E-state index contributed by atoms with van der Waals surface area (Å²) in [4.78, 5) is 29.7. The minimum Gasteiger partial charge on any atom is -0.493 e. The molecule has 5 N–H and O–H groups in total. The van der Waals surface area contributed by atoms with Crippen LogP contribution in [0, 0.1) is 0 Å². The van der Waals surface area contributed by atoms with Gasteiger partial charge in [-0.2, -0.15) is 9.97 Å². The van der Waals surface area contributed by atoms with Crippen molar-refractivity contribution >= 4 is 59.5 Å². The van der Waals surface area contributed by atoms with Crippen molar-refractivity contribution in [1.82, 2.24) is 24.4 Å². The molecule has 3 aliphatic rings. The van der Waals surface area contributed by atoms with Crippen molar-refractivity contribution in [2.24, 2.45) is 5.73 Å². The molecule has 3 fully saturated rings. The number of carbonyl (C=O) groups excluding carboxylic acids is 1. The molecule has 15 heteroatoms. The number of halogens is 2. The number of urea groups is 1. The maximum Gasteiger partial charge on any atom is 0.321 e. The van der Waals surface area contributed by atoms with E-state index in [2.05, 4.69) is 20.5 Å². The highest BCUT2D eigenvalue weighted by molar-refractivity contribution is 5.90. The summed E-state index contributed by atoms with van der Waals surface area (Å²) in [5.74, 6) is 2.84. The number of rotatable bonds is 9. The zero-order valence-corrected chi connectivity index (χ0v) is 28.4. The topological polar surface area (TPSA) is 154 Å². The van der Waals surface area contributed by atoms with Gasteiger partial charge in [0.15, 0.2) is 28.5 Å². The van der Waals surface area contributed by atoms with Crippen LogP contribution in [0.25, 0.3) is 11.2 Å². The number of nitrogens with one attached hydrogen (secondary N) is 3. The fraction of sp³-hybridized carbons (Fsp3) is 0.613. The number of carbonyl (C=O) groups is 1. The molecule has 0 unspecified atom stereocenters. The number of imidazole rings is 1. The molecule has 0 bridgehead atoms. The van der Waals surface area contributed by atoms with Crippen molar-refractivity contribution in [3.8, 4) is 17.2 Å². The van der Waals surface area contributed by atoms with Crippen molar-refractivity contribution in [2.75, 3.05) is 50.4 Å². The number of hydrogen-bond donors (Lipinski definition) is 4. The first-order chi connectivity index (χ1) is 21.4. The highest BCUT2D eigenvalue weighted by atomic mass is 35.5. The lowest BCUT2D eigenvalue weighted by Crippen LogP contribution is -2.44. The average molecular weight is 681 g/mol. The van der Waals surface area contributed by atoms with E-state index in [9.17, 15) is 4.79 Å². The number of nitrogens with two attached hydrogens (primary N) is 1. The lowest BCUT2D eigenvalue weighted by molar-refractivity contribution is 0.197. The molecule has 2 saturated carbocycles. The van der Waals surface area contributed by atoms with Crippen molar-refractivity contribution in [3.63, 3.8) is 0 Å². The van der Waals surface area contributed by atoms with Gasteiger partial charge in [0, 0.05) is 49.4 Å². The highest BCUT2D eigenvalue weighted by Gasteiger charge is 2.27. The quantitative estimate of drug-likeness (QED) is 0.225. The third-order valence-corrected chi connectivity index (χ3v) is 9.28. The summed E-state index contributed by atoms with van der Waals surface area (Å²) in [6.45, 7) is 1.21. The van der Waals surface area contributed by atoms with E-state index in [-0.39, 0.29) is 42.9 Å². The van der Waals surface area contributed by atoms with Gasteiger partial charge in [0.25, 0.3) is 0 Å². The molecule has 3 heterocycles. The van der Waals surface area contributed by atoms with Crippen molar-refractivity contribution in [2.45, 2.75) is 88.4 Å². The van der Waals surface area contributed by atoms with Gasteiger partial charge in [-0.15, -0.1) is 24.8 Å². The number of amides is 2. The smallest absolute Gasteiger partial charge is 0.321 e. The minimum atomic E-state index is -0.170. The number of nitrogens with zero attached hydrogens (tertiary/aromatic N) is 5. The van der Waals surface area contributed by atoms with E-state index in [0.29, 0.717) is 54.1 Å².